The molecule has 0 fully saturated rings. The molecule has 3 N–H and O–H groups in total. The summed E-state index contributed by atoms with van der Waals surface area (Å²) in [5.74, 6) is 0.317. The van der Waals surface area contributed by atoms with Gasteiger partial charge in [0.25, 0.3) is 11.5 Å². The van der Waals surface area contributed by atoms with E-state index in [1.807, 2.05) is 54.6 Å². The number of nitrogens with one attached hydrogen (secondary N) is 3. The molecule has 31 heavy (non-hydrogen) atoms. The van der Waals surface area contributed by atoms with Crippen LogP contribution in [0.5, 0.6) is 0 Å². The Bertz CT molecular complexity index is 1460. The van der Waals surface area contributed by atoms with E-state index >= 15 is 0 Å². The van der Waals surface area contributed by atoms with Gasteiger partial charge in [-0.2, -0.15) is 9.78 Å². The van der Waals surface area contributed by atoms with Crippen LogP contribution in [0.1, 0.15) is 16.1 Å². The highest BCUT2D eigenvalue weighted by Gasteiger charge is 2.18. The van der Waals surface area contributed by atoms with Gasteiger partial charge in [-0.15, -0.1) is 0 Å². The van der Waals surface area contributed by atoms with E-state index in [0.717, 1.165) is 16.5 Å². The fourth-order valence-corrected chi connectivity index (χ4v) is 3.49. The van der Waals surface area contributed by atoms with Crippen molar-refractivity contribution in [3.63, 3.8) is 0 Å². The second-order valence-electron chi connectivity index (χ2n) is 7.11. The maximum Gasteiger partial charge on any atom is 0.258 e. The van der Waals surface area contributed by atoms with Gasteiger partial charge >= 0.3 is 0 Å². The number of nitrogens with zero attached hydrogens (tertiary/aromatic N) is 3. The van der Waals surface area contributed by atoms with Crippen molar-refractivity contribution in [2.24, 2.45) is 0 Å². The molecule has 0 saturated heterocycles. The van der Waals surface area contributed by atoms with Crippen molar-refractivity contribution in [2.45, 2.75) is 6.92 Å². The minimum absolute atomic E-state index is 0.224. The number of carbonyl (C=O) groups is 1. The van der Waals surface area contributed by atoms with E-state index in [9.17, 15) is 9.59 Å². The molecule has 3 heterocycles. The molecule has 1 amide bonds. The Balaban J connectivity index is 1.60. The Kier molecular flexibility index (Phi) is 4.44. The van der Waals surface area contributed by atoms with E-state index in [4.69, 9.17) is 0 Å². The van der Waals surface area contributed by atoms with Gasteiger partial charge in [0.05, 0.1) is 11.3 Å². The summed E-state index contributed by atoms with van der Waals surface area (Å²) in [5, 5.41) is 8.32. The zero-order valence-electron chi connectivity index (χ0n) is 16.6. The molecular weight excluding hydrogens is 392 g/mol. The molecule has 0 aliphatic rings. The van der Waals surface area contributed by atoms with E-state index in [1.54, 1.807) is 19.2 Å². The van der Waals surface area contributed by atoms with Gasteiger partial charge in [0, 0.05) is 40.5 Å². The molecule has 0 aliphatic carbocycles. The highest BCUT2D eigenvalue weighted by atomic mass is 16.2. The van der Waals surface area contributed by atoms with Crippen LogP contribution >= 0.6 is 0 Å². The van der Waals surface area contributed by atoms with E-state index in [-0.39, 0.29) is 17.4 Å². The summed E-state index contributed by atoms with van der Waals surface area (Å²) in [4.78, 5) is 35.3. The van der Waals surface area contributed by atoms with Crippen molar-refractivity contribution in [1.82, 2.24) is 24.7 Å². The number of para-hydroxylation sites is 1. The molecule has 0 radical (unpaired) electrons. The minimum atomic E-state index is -0.298. The van der Waals surface area contributed by atoms with Gasteiger partial charge in [-0.05, 0) is 13.0 Å². The van der Waals surface area contributed by atoms with Crippen molar-refractivity contribution in [3.8, 4) is 17.2 Å². The lowest BCUT2D eigenvalue weighted by molar-refractivity contribution is 0.102. The molecule has 8 heteroatoms. The van der Waals surface area contributed by atoms with Crippen LogP contribution in [-0.4, -0.2) is 30.6 Å². The molecule has 0 aliphatic heterocycles. The number of anilines is 1. The molecule has 5 rings (SSSR count). The van der Waals surface area contributed by atoms with Crippen LogP contribution in [0.15, 0.2) is 77.7 Å². The Morgan fingerprint density at radius 1 is 1.03 bits per heavy atom. The molecule has 0 spiro atoms. The van der Waals surface area contributed by atoms with E-state index < -0.39 is 0 Å². The van der Waals surface area contributed by atoms with Crippen molar-refractivity contribution in [1.29, 1.82) is 0 Å². The van der Waals surface area contributed by atoms with Gasteiger partial charge in [-0.3, -0.25) is 14.6 Å². The van der Waals surface area contributed by atoms with Crippen molar-refractivity contribution >= 4 is 22.6 Å². The van der Waals surface area contributed by atoms with Gasteiger partial charge in [-0.25, -0.2) is 4.98 Å². The quantitative estimate of drug-likeness (QED) is 0.420. The largest absolute Gasteiger partial charge is 0.360 e. The van der Waals surface area contributed by atoms with Gasteiger partial charge in [0.2, 0.25) is 5.95 Å². The number of aromatic amines is 2. The SMILES string of the molecule is Cc1cc(=O)[nH]c(-n2nc(-c3ccccc3)cc2NC(=O)c2c[nH]c3ccccc23)n1. The minimum Gasteiger partial charge on any atom is -0.360 e. The van der Waals surface area contributed by atoms with Crippen LogP contribution in [0.2, 0.25) is 0 Å². The van der Waals surface area contributed by atoms with Gasteiger partial charge in [-0.1, -0.05) is 48.5 Å². The normalized spacial score (nSPS) is 11.0. The number of fused-ring (bicyclic) bond motifs is 1. The zero-order valence-corrected chi connectivity index (χ0v) is 16.6. The Morgan fingerprint density at radius 2 is 1.81 bits per heavy atom. The average Bonchev–Trinajstić information content (AvgIpc) is 3.38. The van der Waals surface area contributed by atoms with Crippen LogP contribution in [-0.2, 0) is 0 Å². The van der Waals surface area contributed by atoms with Crippen LogP contribution in [0.4, 0.5) is 5.82 Å². The first kappa shape index (κ1) is 18.6. The summed E-state index contributed by atoms with van der Waals surface area (Å²) in [6.07, 6.45) is 1.67. The number of amides is 1. The van der Waals surface area contributed by atoms with Crippen molar-refractivity contribution in [2.75, 3.05) is 5.32 Å². The molecule has 2 aromatic carbocycles. The predicted molar refractivity (Wildman–Crippen MR) is 118 cm³/mol. The third-order valence-corrected chi connectivity index (χ3v) is 4.91. The smallest absolute Gasteiger partial charge is 0.258 e. The maximum atomic E-state index is 13.1. The molecular formula is C23H18N6O2. The third kappa shape index (κ3) is 3.51. The Morgan fingerprint density at radius 3 is 2.61 bits per heavy atom. The number of benzene rings is 2. The Hall–Kier alpha value is -4.46. The van der Waals surface area contributed by atoms with E-state index in [2.05, 4.69) is 25.4 Å². The highest BCUT2D eigenvalue weighted by molar-refractivity contribution is 6.12. The molecule has 0 unspecified atom stereocenters. The molecule has 0 saturated carbocycles. The maximum absolute atomic E-state index is 13.1. The summed E-state index contributed by atoms with van der Waals surface area (Å²) >= 11 is 0. The van der Waals surface area contributed by atoms with Crippen molar-refractivity contribution < 1.29 is 4.79 Å². The van der Waals surface area contributed by atoms with Crippen LogP contribution in [0, 0.1) is 6.92 Å². The molecule has 3 aromatic heterocycles. The topological polar surface area (TPSA) is 108 Å². The molecule has 152 valence electrons. The van der Waals surface area contributed by atoms with E-state index in [1.165, 1.54) is 10.7 Å². The van der Waals surface area contributed by atoms with Gasteiger partial charge in [0.15, 0.2) is 0 Å². The van der Waals surface area contributed by atoms with Crippen LogP contribution in [0.25, 0.3) is 28.1 Å². The number of hydrogen-bond donors (Lipinski definition) is 3. The summed E-state index contributed by atoms with van der Waals surface area (Å²) in [6, 6.07) is 20.3. The number of aryl methyl sites for hydroxylation is 1. The standard InChI is InChI=1S/C23H18N6O2/c1-14-11-21(30)27-23(25-14)29-20(12-19(28-29)15-7-3-2-4-8-15)26-22(31)17-13-24-18-10-6-5-9-16(17)18/h2-13,24H,1H3,(H,26,31)(H,25,27,30). The molecule has 0 atom stereocenters. The monoisotopic (exact) mass is 410 g/mol. The summed E-state index contributed by atoms with van der Waals surface area (Å²) in [6.45, 7) is 1.73. The lowest BCUT2D eigenvalue weighted by Crippen LogP contribution is -2.18. The third-order valence-electron chi connectivity index (χ3n) is 4.91. The molecule has 8 nitrogen and oxygen atoms in total. The van der Waals surface area contributed by atoms with Crippen molar-refractivity contribution in [3.05, 3.63) is 94.5 Å². The number of carbonyl (C=O) groups excluding carboxylic acids is 1. The summed E-state index contributed by atoms with van der Waals surface area (Å²) in [7, 11) is 0. The first-order chi connectivity index (χ1) is 15.1. The number of H-pyrrole nitrogens is 2. The molecule has 5 aromatic rings. The first-order valence-corrected chi connectivity index (χ1v) is 9.70. The second-order valence-corrected chi connectivity index (χ2v) is 7.11. The highest BCUT2D eigenvalue weighted by Crippen LogP contribution is 2.25. The summed E-state index contributed by atoms with van der Waals surface area (Å²) in [5.41, 5.74) is 3.14. The average molecular weight is 410 g/mol. The summed E-state index contributed by atoms with van der Waals surface area (Å²) < 4.78 is 1.43. The predicted octanol–water partition coefficient (Wildman–Crippen LogP) is 3.66. The number of rotatable bonds is 4. The first-order valence-electron chi connectivity index (χ1n) is 9.70. The van der Waals surface area contributed by atoms with Gasteiger partial charge < -0.3 is 10.3 Å². The lowest BCUT2D eigenvalue weighted by atomic mass is 10.1. The molecule has 0 bridgehead atoms. The number of hydrogen-bond acceptors (Lipinski definition) is 4. The fraction of sp³-hybridized carbons (Fsp3) is 0.0435. The zero-order chi connectivity index (χ0) is 21.4. The number of aromatic nitrogens is 5. The van der Waals surface area contributed by atoms with Crippen LogP contribution < -0.4 is 10.9 Å². The lowest BCUT2D eigenvalue weighted by Gasteiger charge is -2.08. The van der Waals surface area contributed by atoms with E-state index in [0.29, 0.717) is 22.8 Å². The van der Waals surface area contributed by atoms with Crippen LogP contribution in [0.3, 0.4) is 0 Å². The second kappa shape index (κ2) is 7.42. The Labute approximate surface area is 176 Å². The van der Waals surface area contributed by atoms with Gasteiger partial charge in [0.1, 0.15) is 5.82 Å². The fourth-order valence-electron chi connectivity index (χ4n) is 3.49.